The zero-order valence-electron chi connectivity index (χ0n) is 19.3. The van der Waals surface area contributed by atoms with Gasteiger partial charge in [-0.15, -0.1) is 11.3 Å². The maximum atomic E-state index is 15.2. The Balaban J connectivity index is 1.13. The van der Waals surface area contributed by atoms with Crippen LogP contribution in [0, 0.1) is 5.82 Å². The van der Waals surface area contributed by atoms with Gasteiger partial charge in [0.15, 0.2) is 0 Å². The number of hydrogen-bond donors (Lipinski definition) is 1. The quantitative estimate of drug-likeness (QED) is 0.556. The highest BCUT2D eigenvalue weighted by Gasteiger charge is 2.40. The average molecular weight is 492 g/mol. The molecule has 4 heterocycles. The molecule has 2 saturated heterocycles. The Labute approximate surface area is 206 Å². The van der Waals surface area contributed by atoms with Gasteiger partial charge in [-0.3, -0.25) is 24.6 Å². The lowest BCUT2D eigenvalue weighted by Crippen LogP contribution is -2.52. The van der Waals surface area contributed by atoms with Crippen LogP contribution in [-0.2, 0) is 22.7 Å². The molecule has 6 nitrogen and oxygen atoms in total. The topological polar surface area (TPSA) is 69.7 Å². The van der Waals surface area contributed by atoms with Crippen LogP contribution in [0.2, 0.25) is 0 Å². The number of carbonyl (C=O) groups is 3. The molecule has 0 radical (unpaired) electrons. The summed E-state index contributed by atoms with van der Waals surface area (Å²) in [5.74, 6) is -1.33. The maximum Gasteiger partial charge on any atom is 0.255 e. The summed E-state index contributed by atoms with van der Waals surface area (Å²) in [6.45, 7) is 2.99. The smallest absolute Gasteiger partial charge is 0.255 e. The maximum absolute atomic E-state index is 15.2. The first-order valence-electron chi connectivity index (χ1n) is 12.1. The standard InChI is InChI=1S/C27H26FN3O3S/c28-22-13-21-18(14-31(27(21)34)23-5-6-25(32)29-26(23)33)12-20(22)16-7-9-30(10-8-16)15-19-11-17-3-1-2-4-24(17)35-19/h1-4,11-13,16,23H,5-10,14-15H2,(H,29,32,33). The van der Waals surface area contributed by atoms with Crippen molar-refractivity contribution in [3.8, 4) is 0 Å². The first kappa shape index (κ1) is 22.4. The lowest BCUT2D eigenvalue weighted by atomic mass is 9.87. The molecule has 1 aromatic heterocycles. The van der Waals surface area contributed by atoms with E-state index in [0.717, 1.165) is 38.0 Å². The zero-order chi connectivity index (χ0) is 24.1. The number of carbonyl (C=O) groups excluding carboxylic acids is 3. The van der Waals surface area contributed by atoms with E-state index < -0.39 is 11.9 Å². The van der Waals surface area contributed by atoms with Crippen molar-refractivity contribution in [3.05, 3.63) is 69.8 Å². The molecular formula is C27H26FN3O3S. The van der Waals surface area contributed by atoms with Crippen LogP contribution in [0.3, 0.4) is 0 Å². The van der Waals surface area contributed by atoms with Crippen LogP contribution in [0.1, 0.15) is 58.0 Å². The summed E-state index contributed by atoms with van der Waals surface area (Å²) in [5.41, 5.74) is 1.77. The van der Waals surface area contributed by atoms with Gasteiger partial charge in [0, 0.05) is 34.7 Å². The molecule has 3 aliphatic rings. The van der Waals surface area contributed by atoms with E-state index in [1.165, 1.54) is 25.9 Å². The number of benzene rings is 2. The number of rotatable bonds is 4. The Kier molecular flexibility index (Phi) is 5.65. The van der Waals surface area contributed by atoms with Crippen LogP contribution in [0.5, 0.6) is 0 Å². The number of nitrogens with zero attached hydrogens (tertiary/aromatic N) is 2. The van der Waals surface area contributed by atoms with Crippen LogP contribution in [0.4, 0.5) is 4.39 Å². The number of thiophene rings is 1. The third kappa shape index (κ3) is 4.15. The van der Waals surface area contributed by atoms with E-state index in [0.29, 0.717) is 17.5 Å². The second-order valence-corrected chi connectivity index (χ2v) is 10.9. The average Bonchev–Trinajstić information content (AvgIpc) is 3.39. The normalized spacial score (nSPS) is 21.6. The molecule has 3 aromatic rings. The number of fused-ring (bicyclic) bond motifs is 2. The molecule has 8 heteroatoms. The zero-order valence-corrected chi connectivity index (χ0v) is 20.1. The third-order valence-electron chi connectivity index (χ3n) is 7.52. The molecule has 1 N–H and O–H groups in total. The molecule has 0 spiro atoms. The van der Waals surface area contributed by atoms with Gasteiger partial charge < -0.3 is 4.90 Å². The fourth-order valence-electron chi connectivity index (χ4n) is 5.66. The highest BCUT2D eigenvalue weighted by Crippen LogP contribution is 2.36. The van der Waals surface area contributed by atoms with Crippen molar-refractivity contribution in [3.63, 3.8) is 0 Å². The fourth-order valence-corrected chi connectivity index (χ4v) is 6.77. The number of hydrogen-bond acceptors (Lipinski definition) is 5. The number of likely N-dealkylation sites (tertiary alicyclic amines) is 1. The van der Waals surface area contributed by atoms with Crippen LogP contribution >= 0.6 is 11.3 Å². The number of imide groups is 1. The summed E-state index contributed by atoms with van der Waals surface area (Å²) in [6, 6.07) is 13.2. The van der Waals surface area contributed by atoms with E-state index >= 15 is 4.39 Å². The van der Waals surface area contributed by atoms with Crippen molar-refractivity contribution in [1.29, 1.82) is 0 Å². The number of piperidine rings is 2. The van der Waals surface area contributed by atoms with Crippen molar-refractivity contribution >= 4 is 39.1 Å². The number of amides is 3. The van der Waals surface area contributed by atoms with Gasteiger partial charge in [-0.1, -0.05) is 24.3 Å². The number of nitrogens with one attached hydrogen (secondary N) is 1. The lowest BCUT2D eigenvalue weighted by molar-refractivity contribution is -0.136. The van der Waals surface area contributed by atoms with Gasteiger partial charge in [0.05, 0.1) is 0 Å². The molecule has 1 atom stereocenters. The van der Waals surface area contributed by atoms with E-state index in [1.54, 1.807) is 0 Å². The van der Waals surface area contributed by atoms with E-state index in [9.17, 15) is 14.4 Å². The van der Waals surface area contributed by atoms with Crippen molar-refractivity contribution in [2.75, 3.05) is 13.1 Å². The van der Waals surface area contributed by atoms with E-state index in [4.69, 9.17) is 0 Å². The highest BCUT2D eigenvalue weighted by atomic mass is 32.1. The second kappa shape index (κ2) is 8.84. The molecule has 0 bridgehead atoms. The predicted octanol–water partition coefficient (Wildman–Crippen LogP) is 4.18. The molecule has 0 saturated carbocycles. The summed E-state index contributed by atoms with van der Waals surface area (Å²) in [4.78, 5) is 41.9. The predicted molar refractivity (Wildman–Crippen MR) is 132 cm³/mol. The van der Waals surface area contributed by atoms with Crippen LogP contribution in [0.25, 0.3) is 10.1 Å². The van der Waals surface area contributed by atoms with Crippen molar-refractivity contribution < 1.29 is 18.8 Å². The van der Waals surface area contributed by atoms with E-state index in [1.807, 2.05) is 17.4 Å². The van der Waals surface area contributed by atoms with Gasteiger partial charge in [0.1, 0.15) is 11.9 Å². The summed E-state index contributed by atoms with van der Waals surface area (Å²) < 4.78 is 16.5. The highest BCUT2D eigenvalue weighted by molar-refractivity contribution is 7.19. The molecule has 2 fully saturated rings. The van der Waals surface area contributed by atoms with Gasteiger partial charge >= 0.3 is 0 Å². The molecule has 3 amide bonds. The molecular weight excluding hydrogens is 465 g/mol. The van der Waals surface area contributed by atoms with Crippen molar-refractivity contribution in [1.82, 2.24) is 15.1 Å². The molecule has 0 aliphatic carbocycles. The second-order valence-electron chi connectivity index (χ2n) is 9.73. The largest absolute Gasteiger partial charge is 0.322 e. The Hall–Kier alpha value is -3.10. The molecule has 180 valence electrons. The van der Waals surface area contributed by atoms with Gasteiger partial charge in [0.2, 0.25) is 11.8 Å². The minimum atomic E-state index is -0.684. The molecule has 2 aromatic carbocycles. The van der Waals surface area contributed by atoms with Gasteiger partial charge in [0.25, 0.3) is 5.91 Å². The van der Waals surface area contributed by atoms with Crippen molar-refractivity contribution in [2.24, 2.45) is 0 Å². The minimum Gasteiger partial charge on any atom is -0.322 e. The Morgan fingerprint density at radius 1 is 1.03 bits per heavy atom. The number of halogens is 1. The van der Waals surface area contributed by atoms with Crippen LogP contribution in [-0.4, -0.2) is 46.7 Å². The Morgan fingerprint density at radius 3 is 2.60 bits per heavy atom. The third-order valence-corrected chi connectivity index (χ3v) is 8.63. The monoisotopic (exact) mass is 491 g/mol. The molecule has 1 unspecified atom stereocenters. The van der Waals surface area contributed by atoms with Crippen molar-refractivity contribution in [2.45, 2.75) is 50.7 Å². The van der Waals surface area contributed by atoms with Gasteiger partial charge in [-0.2, -0.15) is 0 Å². The van der Waals surface area contributed by atoms with Crippen LogP contribution in [0.15, 0.2) is 42.5 Å². The molecule has 35 heavy (non-hydrogen) atoms. The molecule has 6 rings (SSSR count). The Bertz CT molecular complexity index is 1310. The van der Waals surface area contributed by atoms with Crippen LogP contribution < -0.4 is 5.32 Å². The Morgan fingerprint density at radius 2 is 1.83 bits per heavy atom. The lowest BCUT2D eigenvalue weighted by Gasteiger charge is -2.32. The summed E-state index contributed by atoms with van der Waals surface area (Å²) in [7, 11) is 0. The summed E-state index contributed by atoms with van der Waals surface area (Å²) >= 11 is 1.83. The molecule has 3 aliphatic heterocycles. The summed E-state index contributed by atoms with van der Waals surface area (Å²) in [5, 5.41) is 3.59. The first-order valence-corrected chi connectivity index (χ1v) is 12.9. The van der Waals surface area contributed by atoms with E-state index in [-0.39, 0.29) is 36.5 Å². The summed E-state index contributed by atoms with van der Waals surface area (Å²) in [6.07, 6.45) is 2.24. The van der Waals surface area contributed by atoms with Gasteiger partial charge in [-0.05, 0) is 73.0 Å². The minimum absolute atomic E-state index is 0.110. The van der Waals surface area contributed by atoms with Gasteiger partial charge in [-0.25, -0.2) is 4.39 Å². The fraction of sp³-hybridized carbons (Fsp3) is 0.370. The SMILES string of the molecule is O=C1CCC(N2Cc3cc(C4CCN(Cc5cc6ccccc6s5)CC4)c(F)cc3C2=O)C(=O)N1. The first-order chi connectivity index (χ1) is 17.0. The van der Waals surface area contributed by atoms with E-state index in [2.05, 4.69) is 40.5 Å².